The summed E-state index contributed by atoms with van der Waals surface area (Å²) in [5.41, 5.74) is 2.28. The molecule has 1 heterocycles. The standard InChI is InChI=1S/C11H15Cl2NS/c1-7(2)4-5-9(14-3)8-6-10(12)15-11(8)13/h6,9,14H,1,4-5H2,2-3H3. The van der Waals surface area contributed by atoms with Crippen molar-refractivity contribution in [2.24, 2.45) is 0 Å². The first kappa shape index (κ1) is 13.0. The predicted octanol–water partition coefficient (Wildman–Crippen LogP) is 4.67. The van der Waals surface area contributed by atoms with Crippen LogP contribution in [0.5, 0.6) is 0 Å². The van der Waals surface area contributed by atoms with Crippen molar-refractivity contribution in [3.8, 4) is 0 Å². The molecule has 0 spiro atoms. The lowest BCUT2D eigenvalue weighted by Crippen LogP contribution is -2.15. The lowest BCUT2D eigenvalue weighted by Gasteiger charge is -2.15. The molecule has 1 N–H and O–H groups in total. The first-order chi connectivity index (χ1) is 7.04. The molecule has 0 aliphatic rings. The number of allylic oxidation sites excluding steroid dienone is 1. The van der Waals surface area contributed by atoms with E-state index in [-0.39, 0.29) is 6.04 Å². The van der Waals surface area contributed by atoms with Gasteiger partial charge in [0.1, 0.15) is 0 Å². The van der Waals surface area contributed by atoms with Gasteiger partial charge in [0.2, 0.25) is 0 Å². The lowest BCUT2D eigenvalue weighted by molar-refractivity contribution is 0.550. The van der Waals surface area contributed by atoms with E-state index in [0.29, 0.717) is 0 Å². The van der Waals surface area contributed by atoms with Crippen LogP contribution in [0.15, 0.2) is 18.2 Å². The van der Waals surface area contributed by atoms with Crippen molar-refractivity contribution in [3.05, 3.63) is 32.5 Å². The maximum absolute atomic E-state index is 6.11. The molecule has 0 aliphatic carbocycles. The molecule has 1 nitrogen and oxygen atoms in total. The van der Waals surface area contributed by atoms with Crippen LogP contribution in [0.3, 0.4) is 0 Å². The Labute approximate surface area is 105 Å². The Morgan fingerprint density at radius 3 is 2.67 bits per heavy atom. The SMILES string of the molecule is C=C(C)CCC(NC)c1cc(Cl)sc1Cl. The number of hydrogen-bond donors (Lipinski definition) is 1. The van der Waals surface area contributed by atoms with Crippen LogP contribution < -0.4 is 5.32 Å². The summed E-state index contributed by atoms with van der Waals surface area (Å²) < 4.78 is 1.52. The summed E-state index contributed by atoms with van der Waals surface area (Å²) in [7, 11) is 1.94. The van der Waals surface area contributed by atoms with Gasteiger partial charge in [-0.2, -0.15) is 0 Å². The van der Waals surface area contributed by atoms with Gasteiger partial charge in [0.25, 0.3) is 0 Å². The van der Waals surface area contributed by atoms with Crippen LogP contribution in [0.2, 0.25) is 8.67 Å². The molecule has 0 saturated heterocycles. The fourth-order valence-electron chi connectivity index (χ4n) is 1.44. The first-order valence-electron chi connectivity index (χ1n) is 4.81. The molecule has 0 aromatic carbocycles. The Morgan fingerprint density at radius 1 is 1.60 bits per heavy atom. The van der Waals surface area contributed by atoms with E-state index in [1.54, 1.807) is 0 Å². The van der Waals surface area contributed by atoms with E-state index in [1.165, 1.54) is 16.9 Å². The molecule has 1 rings (SSSR count). The molecular formula is C11H15Cl2NS. The molecule has 0 saturated carbocycles. The van der Waals surface area contributed by atoms with Crippen LogP contribution in [0.4, 0.5) is 0 Å². The maximum atomic E-state index is 6.11. The molecule has 1 atom stereocenters. The van der Waals surface area contributed by atoms with Gasteiger partial charge in [-0.1, -0.05) is 28.8 Å². The maximum Gasteiger partial charge on any atom is 0.0991 e. The molecular weight excluding hydrogens is 249 g/mol. The summed E-state index contributed by atoms with van der Waals surface area (Å²) >= 11 is 13.4. The van der Waals surface area contributed by atoms with Gasteiger partial charge in [-0.15, -0.1) is 17.9 Å². The number of halogens is 2. The van der Waals surface area contributed by atoms with E-state index in [4.69, 9.17) is 23.2 Å². The molecule has 0 bridgehead atoms. The monoisotopic (exact) mass is 263 g/mol. The van der Waals surface area contributed by atoms with E-state index in [1.807, 2.05) is 20.0 Å². The van der Waals surface area contributed by atoms with Gasteiger partial charge in [-0.05, 0) is 32.9 Å². The lowest BCUT2D eigenvalue weighted by atomic mass is 10.0. The third-order valence-electron chi connectivity index (χ3n) is 2.27. The smallest absolute Gasteiger partial charge is 0.0991 e. The van der Waals surface area contributed by atoms with Gasteiger partial charge in [0.05, 0.1) is 8.67 Å². The summed E-state index contributed by atoms with van der Waals surface area (Å²) in [6.07, 6.45) is 1.99. The average Bonchev–Trinajstić information content (AvgIpc) is 2.46. The van der Waals surface area contributed by atoms with Crippen LogP contribution in [-0.2, 0) is 0 Å². The van der Waals surface area contributed by atoms with E-state index >= 15 is 0 Å². The molecule has 4 heteroatoms. The second-order valence-corrected chi connectivity index (χ2v) is 5.90. The molecule has 1 unspecified atom stereocenters. The van der Waals surface area contributed by atoms with E-state index in [9.17, 15) is 0 Å². The summed E-state index contributed by atoms with van der Waals surface area (Å²) in [5.74, 6) is 0. The van der Waals surface area contributed by atoms with E-state index in [2.05, 4.69) is 11.9 Å². The summed E-state index contributed by atoms with van der Waals surface area (Å²) in [6, 6.07) is 2.20. The van der Waals surface area contributed by atoms with Crippen LogP contribution >= 0.6 is 34.5 Å². The highest BCUT2D eigenvalue weighted by Gasteiger charge is 2.15. The van der Waals surface area contributed by atoms with Gasteiger partial charge in [-0.3, -0.25) is 0 Å². The first-order valence-corrected chi connectivity index (χ1v) is 6.38. The molecule has 0 fully saturated rings. The summed E-state index contributed by atoms with van der Waals surface area (Å²) in [4.78, 5) is 0. The van der Waals surface area contributed by atoms with Gasteiger partial charge >= 0.3 is 0 Å². The van der Waals surface area contributed by atoms with Crippen LogP contribution in [0, 0.1) is 0 Å². The second-order valence-electron chi connectivity index (χ2n) is 3.62. The highest BCUT2D eigenvalue weighted by molar-refractivity contribution is 7.20. The quantitative estimate of drug-likeness (QED) is 0.762. The number of nitrogens with one attached hydrogen (secondary N) is 1. The normalized spacial score (nSPS) is 12.8. The van der Waals surface area contributed by atoms with Crippen LogP contribution in [0.1, 0.15) is 31.4 Å². The van der Waals surface area contributed by atoms with Crippen molar-refractivity contribution in [1.29, 1.82) is 0 Å². The highest BCUT2D eigenvalue weighted by Crippen LogP contribution is 2.36. The fraction of sp³-hybridized carbons (Fsp3) is 0.455. The Morgan fingerprint density at radius 2 is 2.27 bits per heavy atom. The number of rotatable bonds is 5. The minimum atomic E-state index is 0.262. The van der Waals surface area contributed by atoms with Crippen LogP contribution in [0.25, 0.3) is 0 Å². The van der Waals surface area contributed by atoms with Crippen molar-refractivity contribution in [1.82, 2.24) is 5.32 Å². The van der Waals surface area contributed by atoms with Crippen molar-refractivity contribution in [3.63, 3.8) is 0 Å². The fourth-order valence-corrected chi connectivity index (χ4v) is 3.02. The molecule has 1 aromatic heterocycles. The Balaban J connectivity index is 2.73. The second kappa shape index (κ2) is 5.90. The third-order valence-corrected chi connectivity index (χ3v) is 3.78. The van der Waals surface area contributed by atoms with Gasteiger partial charge in [-0.25, -0.2) is 0 Å². The van der Waals surface area contributed by atoms with Crippen molar-refractivity contribution in [2.45, 2.75) is 25.8 Å². The van der Waals surface area contributed by atoms with Gasteiger partial charge in [0.15, 0.2) is 0 Å². The average molecular weight is 264 g/mol. The molecule has 15 heavy (non-hydrogen) atoms. The van der Waals surface area contributed by atoms with E-state index in [0.717, 1.165) is 27.1 Å². The zero-order valence-corrected chi connectivity index (χ0v) is 11.3. The Bertz CT molecular complexity index is 346. The largest absolute Gasteiger partial charge is 0.313 e. The van der Waals surface area contributed by atoms with E-state index < -0.39 is 0 Å². The molecule has 1 aromatic rings. The van der Waals surface area contributed by atoms with Crippen LogP contribution in [-0.4, -0.2) is 7.05 Å². The molecule has 0 amide bonds. The van der Waals surface area contributed by atoms with Gasteiger partial charge in [0, 0.05) is 11.6 Å². The van der Waals surface area contributed by atoms with Gasteiger partial charge < -0.3 is 5.32 Å². The minimum Gasteiger partial charge on any atom is -0.313 e. The zero-order chi connectivity index (χ0) is 11.4. The number of hydrogen-bond acceptors (Lipinski definition) is 2. The molecule has 0 radical (unpaired) electrons. The summed E-state index contributed by atoms with van der Waals surface area (Å²) in [5, 5.41) is 3.25. The molecule has 0 aliphatic heterocycles. The van der Waals surface area contributed by atoms with Crippen molar-refractivity contribution >= 4 is 34.5 Å². The zero-order valence-electron chi connectivity index (χ0n) is 8.94. The Hall–Kier alpha value is -0.0200. The van der Waals surface area contributed by atoms with Crippen molar-refractivity contribution < 1.29 is 0 Å². The van der Waals surface area contributed by atoms with Crippen molar-refractivity contribution in [2.75, 3.05) is 7.05 Å². The molecule has 84 valence electrons. The Kier molecular flexibility index (Phi) is 5.13. The topological polar surface area (TPSA) is 12.0 Å². The summed E-state index contributed by atoms with van der Waals surface area (Å²) in [6.45, 7) is 5.94. The third kappa shape index (κ3) is 3.80. The highest BCUT2D eigenvalue weighted by atomic mass is 35.5. The number of thiophene rings is 1. The minimum absolute atomic E-state index is 0.262. The predicted molar refractivity (Wildman–Crippen MR) is 70.2 cm³/mol.